The summed E-state index contributed by atoms with van der Waals surface area (Å²) in [5, 5.41) is 3.10. The second kappa shape index (κ2) is 6.21. The van der Waals surface area contributed by atoms with Crippen molar-refractivity contribution < 1.29 is 9.53 Å². The summed E-state index contributed by atoms with van der Waals surface area (Å²) in [6.07, 6.45) is 5.94. The molecule has 1 unspecified atom stereocenters. The van der Waals surface area contributed by atoms with Gasteiger partial charge in [0.05, 0.1) is 6.04 Å². The largest absolute Gasteiger partial charge is 0.385 e. The maximum absolute atomic E-state index is 11.8. The van der Waals surface area contributed by atoms with Crippen LogP contribution in [-0.2, 0) is 9.53 Å². The normalized spacial score (nSPS) is 19.9. The molecule has 1 fully saturated rings. The van der Waals surface area contributed by atoms with Crippen LogP contribution in [0.2, 0.25) is 0 Å². The number of rotatable bonds is 7. The van der Waals surface area contributed by atoms with Gasteiger partial charge >= 0.3 is 0 Å². The summed E-state index contributed by atoms with van der Waals surface area (Å²) in [6.45, 7) is 2.79. The monoisotopic (exact) mass is 228 g/mol. The lowest BCUT2D eigenvalue weighted by Crippen LogP contribution is -2.57. The average Bonchev–Trinajstić information content (AvgIpc) is 2.23. The van der Waals surface area contributed by atoms with Crippen molar-refractivity contribution in [1.82, 2.24) is 5.32 Å². The van der Waals surface area contributed by atoms with Gasteiger partial charge in [0, 0.05) is 19.3 Å². The highest BCUT2D eigenvalue weighted by Gasteiger charge is 2.37. The van der Waals surface area contributed by atoms with Gasteiger partial charge in [0.15, 0.2) is 0 Å². The zero-order chi connectivity index (χ0) is 12.0. The molecule has 1 rings (SSSR count). The van der Waals surface area contributed by atoms with Crippen molar-refractivity contribution in [2.24, 2.45) is 5.73 Å². The first-order valence-electron chi connectivity index (χ1n) is 6.20. The number of nitrogens with one attached hydrogen (secondary N) is 1. The molecule has 1 aliphatic carbocycles. The van der Waals surface area contributed by atoms with Crippen LogP contribution in [0.25, 0.3) is 0 Å². The third kappa shape index (κ3) is 3.46. The Labute approximate surface area is 97.9 Å². The van der Waals surface area contributed by atoms with Gasteiger partial charge in [-0.05, 0) is 38.5 Å². The van der Waals surface area contributed by atoms with Crippen molar-refractivity contribution >= 4 is 5.91 Å². The van der Waals surface area contributed by atoms with Crippen LogP contribution in [-0.4, -0.2) is 31.2 Å². The van der Waals surface area contributed by atoms with Gasteiger partial charge in [-0.3, -0.25) is 4.79 Å². The number of carbonyl (C=O) groups excluding carboxylic acids is 1. The Morgan fingerprint density at radius 1 is 1.56 bits per heavy atom. The highest BCUT2D eigenvalue weighted by molar-refractivity contribution is 5.82. The molecule has 0 saturated heterocycles. The molecule has 1 saturated carbocycles. The van der Waals surface area contributed by atoms with E-state index in [0.717, 1.165) is 25.7 Å². The summed E-state index contributed by atoms with van der Waals surface area (Å²) in [6, 6.07) is -0.390. The highest BCUT2D eigenvalue weighted by atomic mass is 16.5. The molecular formula is C12H24N2O2. The lowest BCUT2D eigenvalue weighted by atomic mass is 9.74. The predicted octanol–water partition coefficient (Wildman–Crippen LogP) is 1.19. The molecule has 0 aromatic heterocycles. The lowest BCUT2D eigenvalue weighted by Gasteiger charge is -2.42. The molecule has 0 aromatic rings. The van der Waals surface area contributed by atoms with Gasteiger partial charge in [-0.1, -0.05) is 6.92 Å². The van der Waals surface area contributed by atoms with Crippen molar-refractivity contribution in [1.29, 1.82) is 0 Å². The van der Waals surface area contributed by atoms with Crippen LogP contribution in [0.4, 0.5) is 0 Å². The van der Waals surface area contributed by atoms with Crippen LogP contribution in [0.15, 0.2) is 0 Å². The molecule has 4 heteroatoms. The molecule has 0 aliphatic heterocycles. The summed E-state index contributed by atoms with van der Waals surface area (Å²) < 4.78 is 4.94. The summed E-state index contributed by atoms with van der Waals surface area (Å²) >= 11 is 0. The van der Waals surface area contributed by atoms with E-state index < -0.39 is 0 Å². The van der Waals surface area contributed by atoms with Gasteiger partial charge in [-0.2, -0.15) is 0 Å². The Morgan fingerprint density at radius 3 is 2.69 bits per heavy atom. The molecule has 1 atom stereocenters. The van der Waals surface area contributed by atoms with Gasteiger partial charge in [-0.15, -0.1) is 0 Å². The van der Waals surface area contributed by atoms with Gasteiger partial charge in [0.2, 0.25) is 5.91 Å². The summed E-state index contributed by atoms with van der Waals surface area (Å²) in [5.74, 6) is -0.00217. The topological polar surface area (TPSA) is 64.4 Å². The molecule has 1 amide bonds. The van der Waals surface area contributed by atoms with E-state index in [2.05, 4.69) is 12.2 Å². The molecular weight excluding hydrogens is 204 g/mol. The quantitative estimate of drug-likeness (QED) is 0.643. The first-order chi connectivity index (χ1) is 7.63. The maximum Gasteiger partial charge on any atom is 0.237 e. The van der Waals surface area contributed by atoms with Crippen LogP contribution < -0.4 is 11.1 Å². The fourth-order valence-electron chi connectivity index (χ4n) is 2.10. The highest BCUT2D eigenvalue weighted by Crippen LogP contribution is 2.34. The van der Waals surface area contributed by atoms with Gasteiger partial charge in [0.25, 0.3) is 0 Å². The Hall–Kier alpha value is -0.610. The number of hydrogen-bond donors (Lipinski definition) is 2. The van der Waals surface area contributed by atoms with E-state index in [1.54, 1.807) is 7.11 Å². The summed E-state index contributed by atoms with van der Waals surface area (Å²) in [7, 11) is 1.66. The number of nitrogens with two attached hydrogens (primary N) is 1. The van der Waals surface area contributed by atoms with Crippen LogP contribution in [0, 0.1) is 0 Å². The lowest BCUT2D eigenvalue weighted by molar-refractivity contribution is -0.125. The standard InChI is InChI=1S/C12H24N2O2/c1-3-12(7-5-8-12)14-11(15)10(13)6-4-9-16-2/h10H,3-9,13H2,1-2H3,(H,14,15). The number of ether oxygens (including phenoxy) is 1. The minimum atomic E-state index is -0.390. The van der Waals surface area contributed by atoms with Gasteiger partial charge < -0.3 is 15.8 Å². The molecule has 0 heterocycles. The van der Waals surface area contributed by atoms with E-state index in [1.165, 1.54) is 6.42 Å². The fourth-order valence-corrected chi connectivity index (χ4v) is 2.10. The minimum Gasteiger partial charge on any atom is -0.385 e. The van der Waals surface area contributed by atoms with E-state index in [1.807, 2.05) is 0 Å². The zero-order valence-corrected chi connectivity index (χ0v) is 10.4. The fraction of sp³-hybridized carbons (Fsp3) is 0.917. The van der Waals surface area contributed by atoms with E-state index in [9.17, 15) is 4.79 Å². The first-order valence-corrected chi connectivity index (χ1v) is 6.20. The molecule has 4 nitrogen and oxygen atoms in total. The minimum absolute atomic E-state index is 0.00217. The van der Waals surface area contributed by atoms with Crippen molar-refractivity contribution in [3.63, 3.8) is 0 Å². The Kier molecular flexibility index (Phi) is 5.22. The van der Waals surface area contributed by atoms with Crippen LogP contribution >= 0.6 is 0 Å². The molecule has 0 bridgehead atoms. The number of hydrogen-bond acceptors (Lipinski definition) is 3. The zero-order valence-electron chi connectivity index (χ0n) is 10.4. The van der Waals surface area contributed by atoms with Crippen LogP contribution in [0.3, 0.4) is 0 Å². The van der Waals surface area contributed by atoms with Crippen LogP contribution in [0.1, 0.15) is 45.4 Å². The molecule has 16 heavy (non-hydrogen) atoms. The second-order valence-corrected chi connectivity index (χ2v) is 4.72. The summed E-state index contributed by atoms with van der Waals surface area (Å²) in [5.41, 5.74) is 5.88. The number of methoxy groups -OCH3 is 1. The Balaban J connectivity index is 2.27. The molecule has 94 valence electrons. The van der Waals surface area contributed by atoms with Crippen molar-refractivity contribution in [2.45, 2.75) is 57.0 Å². The van der Waals surface area contributed by atoms with Crippen molar-refractivity contribution in [2.75, 3.05) is 13.7 Å². The Bertz CT molecular complexity index is 222. The summed E-state index contributed by atoms with van der Waals surface area (Å²) in [4.78, 5) is 11.8. The second-order valence-electron chi connectivity index (χ2n) is 4.72. The first kappa shape index (κ1) is 13.5. The van der Waals surface area contributed by atoms with E-state index in [0.29, 0.717) is 13.0 Å². The molecule has 0 radical (unpaired) electrons. The smallest absolute Gasteiger partial charge is 0.237 e. The van der Waals surface area contributed by atoms with Crippen LogP contribution in [0.5, 0.6) is 0 Å². The third-order valence-corrected chi connectivity index (χ3v) is 3.58. The maximum atomic E-state index is 11.8. The molecule has 0 spiro atoms. The molecule has 1 aliphatic rings. The van der Waals surface area contributed by atoms with Gasteiger partial charge in [0.1, 0.15) is 0 Å². The van der Waals surface area contributed by atoms with E-state index in [-0.39, 0.29) is 17.5 Å². The van der Waals surface area contributed by atoms with Crippen molar-refractivity contribution in [3.8, 4) is 0 Å². The molecule has 0 aromatic carbocycles. The molecule has 3 N–H and O–H groups in total. The van der Waals surface area contributed by atoms with E-state index in [4.69, 9.17) is 10.5 Å². The average molecular weight is 228 g/mol. The Morgan fingerprint density at radius 2 is 2.25 bits per heavy atom. The number of carbonyl (C=O) groups is 1. The van der Waals surface area contributed by atoms with Crippen molar-refractivity contribution in [3.05, 3.63) is 0 Å². The SMILES string of the molecule is CCC1(NC(=O)C(N)CCCOC)CCC1. The third-order valence-electron chi connectivity index (χ3n) is 3.58. The predicted molar refractivity (Wildman–Crippen MR) is 64.1 cm³/mol. The van der Waals surface area contributed by atoms with Gasteiger partial charge in [-0.25, -0.2) is 0 Å². The number of amides is 1. The van der Waals surface area contributed by atoms with E-state index >= 15 is 0 Å².